The largest absolute Gasteiger partial charge is 1.00 e. The molecule has 0 fully saturated rings. The van der Waals surface area contributed by atoms with Gasteiger partial charge in [-0.15, -0.1) is 0 Å². The molecule has 0 aromatic rings. The summed E-state index contributed by atoms with van der Waals surface area (Å²) in [5.41, 5.74) is 9.81. The van der Waals surface area contributed by atoms with Crippen LogP contribution in [0.5, 0.6) is 0 Å². The Kier molecular flexibility index (Phi) is 133. The van der Waals surface area contributed by atoms with Gasteiger partial charge in [0.2, 0.25) is 0 Å². The number of carbonyl (C=O) groups excluding carboxylic acids is 4. The molecule has 0 saturated heterocycles. The van der Waals surface area contributed by atoms with Gasteiger partial charge in [0, 0.05) is 37.0 Å². The second kappa shape index (κ2) is 56.7. The van der Waals surface area contributed by atoms with Gasteiger partial charge in [-0.25, -0.2) is 0 Å². The van der Waals surface area contributed by atoms with Crippen molar-refractivity contribution in [1.82, 2.24) is 0 Å². The van der Waals surface area contributed by atoms with E-state index in [2.05, 4.69) is 0 Å². The minimum atomic E-state index is -1.08. The first-order chi connectivity index (χ1) is 8.84. The molecule has 122 valence electrons. The van der Waals surface area contributed by atoms with E-state index in [1.54, 1.807) is 0 Å². The van der Waals surface area contributed by atoms with E-state index >= 15 is 0 Å². The zero-order chi connectivity index (χ0) is 17.7. The van der Waals surface area contributed by atoms with Crippen LogP contribution in [0.1, 0.15) is 27.7 Å². The third kappa shape index (κ3) is 7040. The molecule has 24 heavy (non-hydrogen) atoms. The smallest absolute Gasteiger partial charge is 0.550 e. The van der Waals surface area contributed by atoms with Crippen molar-refractivity contribution in [2.75, 3.05) is 13.1 Å². The Morgan fingerprint density at radius 2 is 0.583 bits per heavy atom. The van der Waals surface area contributed by atoms with Crippen molar-refractivity contribution in [1.29, 1.82) is 0 Å². The van der Waals surface area contributed by atoms with Gasteiger partial charge in [-0.2, -0.15) is 0 Å². The Labute approximate surface area is 190 Å². The number of hydrogen-bond donors (Lipinski definition) is 2. The molecule has 0 bridgehead atoms. The molecule has 0 aliphatic rings. The molecule has 10 nitrogen and oxygen atoms in total. The summed E-state index contributed by atoms with van der Waals surface area (Å²) < 4.78 is 0. The predicted molar refractivity (Wildman–Crippen MR) is 60.8 cm³/mol. The van der Waals surface area contributed by atoms with Crippen LogP contribution in [-0.4, -0.2) is 37.0 Å². The summed E-state index contributed by atoms with van der Waals surface area (Å²) in [6.07, 6.45) is 0. The van der Waals surface area contributed by atoms with Crippen molar-refractivity contribution in [3.05, 3.63) is 0 Å². The number of rotatable bonds is 1. The molecule has 0 amide bonds. The summed E-state index contributed by atoms with van der Waals surface area (Å²) in [7, 11) is 0. The van der Waals surface area contributed by atoms with E-state index in [0.717, 1.165) is 27.7 Å². The Morgan fingerprint density at radius 3 is 0.583 bits per heavy atom. The van der Waals surface area contributed by atoms with Crippen molar-refractivity contribution in [2.45, 2.75) is 27.7 Å². The van der Waals surface area contributed by atoms with E-state index in [1.165, 1.54) is 0 Å². The van der Waals surface area contributed by atoms with Gasteiger partial charge in [-0.1, -0.05) is 0 Å². The molecule has 0 aromatic heterocycles. The number of carboxylic acids is 4. The van der Waals surface area contributed by atoms with Crippen molar-refractivity contribution < 1.29 is 115 Å². The molecule has 0 aliphatic carbocycles. The van der Waals surface area contributed by atoms with Crippen LogP contribution < -0.4 is 107 Å². The summed E-state index contributed by atoms with van der Waals surface area (Å²) in [6, 6.07) is 0. The zero-order valence-corrected chi connectivity index (χ0v) is 15.8. The van der Waals surface area contributed by atoms with E-state index in [4.69, 9.17) is 51.1 Å². The minimum Gasteiger partial charge on any atom is -0.550 e. The van der Waals surface area contributed by atoms with Gasteiger partial charge in [-0.3, -0.25) is 0 Å². The molecule has 0 spiro atoms. The second-order valence-electron chi connectivity index (χ2n) is 2.54. The maximum absolute atomic E-state index is 8.89. The summed E-state index contributed by atoms with van der Waals surface area (Å²) in [5, 5.41) is 35.6. The molecule has 0 radical (unpaired) electrons. The first-order valence-corrected chi connectivity index (χ1v) is 4.95. The Hall–Kier alpha value is 0.190. The van der Waals surface area contributed by atoms with Gasteiger partial charge in [0.15, 0.2) is 0 Å². The van der Waals surface area contributed by atoms with Gasteiger partial charge in [0.05, 0.1) is 0 Å². The third-order valence-electron chi connectivity index (χ3n) is 0.167. The van der Waals surface area contributed by atoms with Crippen LogP contribution in [0.25, 0.3) is 0 Å². The predicted octanol–water partition coefficient (Wildman–Crippen LogP) is -18.1. The van der Waals surface area contributed by atoms with Crippen molar-refractivity contribution in [3.63, 3.8) is 0 Å². The third-order valence-corrected chi connectivity index (χ3v) is 0.167. The summed E-state index contributed by atoms with van der Waals surface area (Å²) in [5.74, 6) is -4.33. The SMILES string of the molecule is CC(=O)[O-].CC(=O)[O-].CC(=O)[O-].CC(=O)[O-].NCCN.[Li+].[Li+].[Li+].[Li+]. The number of carbonyl (C=O) groups is 4. The first kappa shape index (κ1) is 56.4. The molecule has 0 aromatic carbocycles. The molecule has 0 heterocycles. The standard InChI is InChI=1S/C2H8N2.4C2H4O2.4Li/c3-1-2-4;4*1-2(3)4;;;;/h1-4H2;4*1H3,(H,3,4);;;;/q;;;;;4*+1/p-4. The van der Waals surface area contributed by atoms with Crippen LogP contribution in [-0.2, 0) is 19.2 Å². The van der Waals surface area contributed by atoms with Gasteiger partial charge >= 0.3 is 75.4 Å². The number of nitrogens with two attached hydrogens (primary N) is 2. The normalized spacial score (nSPS) is 5.42. The first-order valence-electron chi connectivity index (χ1n) is 4.95. The summed E-state index contributed by atoms with van der Waals surface area (Å²) in [6.45, 7) is 5.08. The van der Waals surface area contributed by atoms with Crippen LogP contribution in [0, 0.1) is 0 Å². The van der Waals surface area contributed by atoms with Gasteiger partial charge in [0.25, 0.3) is 0 Å². The zero-order valence-electron chi connectivity index (χ0n) is 15.8. The average Bonchev–Trinajstić information content (AvgIpc) is 2.13. The van der Waals surface area contributed by atoms with Gasteiger partial charge < -0.3 is 51.1 Å². The number of carboxylic acid groups (broad SMARTS) is 4. The molecule has 0 saturated carbocycles. The van der Waals surface area contributed by atoms with E-state index in [1.807, 2.05) is 0 Å². The second-order valence-corrected chi connectivity index (χ2v) is 2.54. The number of hydrogen-bond acceptors (Lipinski definition) is 10. The van der Waals surface area contributed by atoms with E-state index < -0.39 is 23.9 Å². The van der Waals surface area contributed by atoms with Crippen molar-refractivity contribution in [2.24, 2.45) is 11.5 Å². The average molecular weight is 324 g/mol. The summed E-state index contributed by atoms with van der Waals surface area (Å²) in [4.78, 5) is 35.6. The quantitative estimate of drug-likeness (QED) is 0.434. The molecule has 0 unspecified atom stereocenters. The van der Waals surface area contributed by atoms with Crippen LogP contribution in [0.2, 0.25) is 0 Å². The Bertz CT molecular complexity index is 205. The number of aliphatic carboxylic acids is 4. The molecule has 4 N–H and O–H groups in total. The maximum Gasteiger partial charge on any atom is 1.00 e. The fraction of sp³-hybridized carbons (Fsp3) is 0.600. The minimum absolute atomic E-state index is 0. The Balaban J connectivity index is -0.0000000161. The van der Waals surface area contributed by atoms with Crippen molar-refractivity contribution >= 4 is 23.9 Å². The maximum atomic E-state index is 8.89. The topological polar surface area (TPSA) is 213 Å². The fourth-order valence-corrected chi connectivity index (χ4v) is 0. The monoisotopic (exact) mass is 324 g/mol. The molecule has 0 rings (SSSR count). The molecule has 0 aliphatic heterocycles. The van der Waals surface area contributed by atoms with Gasteiger partial charge in [0.1, 0.15) is 0 Å². The molecule has 0 atom stereocenters. The van der Waals surface area contributed by atoms with Crippen LogP contribution >= 0.6 is 0 Å². The molecular weight excluding hydrogens is 304 g/mol. The van der Waals surface area contributed by atoms with Gasteiger partial charge in [-0.05, 0) is 27.7 Å². The fourth-order valence-electron chi connectivity index (χ4n) is 0. The van der Waals surface area contributed by atoms with E-state index in [9.17, 15) is 0 Å². The van der Waals surface area contributed by atoms with Crippen LogP contribution in [0.4, 0.5) is 0 Å². The van der Waals surface area contributed by atoms with Crippen LogP contribution in [0.15, 0.2) is 0 Å². The molecular formula is C10H20Li4N2O8. The molecule has 14 heteroatoms. The van der Waals surface area contributed by atoms with Crippen molar-refractivity contribution in [3.8, 4) is 0 Å². The van der Waals surface area contributed by atoms with E-state index in [0.29, 0.717) is 13.1 Å². The van der Waals surface area contributed by atoms with E-state index in [-0.39, 0.29) is 75.4 Å². The van der Waals surface area contributed by atoms with Crippen LogP contribution in [0.3, 0.4) is 0 Å². The Morgan fingerprint density at radius 1 is 0.542 bits per heavy atom. The summed E-state index contributed by atoms with van der Waals surface area (Å²) >= 11 is 0.